The Kier molecular flexibility index (Phi) is 2.70. The summed E-state index contributed by atoms with van der Waals surface area (Å²) in [6.45, 7) is 4.04. The number of hydrogen-bond acceptors (Lipinski definition) is 3. The average Bonchev–Trinajstić information content (AvgIpc) is 2.57. The molecule has 0 radical (unpaired) electrons. The van der Waals surface area contributed by atoms with Gasteiger partial charge in [0.15, 0.2) is 0 Å². The molecular weight excluding hydrogens is 192 g/mol. The molecule has 0 aliphatic heterocycles. The molecule has 74 valence electrons. The van der Waals surface area contributed by atoms with Crippen LogP contribution in [0.4, 0.5) is 5.69 Å². The first-order valence-corrected chi connectivity index (χ1v) is 5.65. The molecule has 2 rings (SSSR count). The van der Waals surface area contributed by atoms with Gasteiger partial charge in [0.25, 0.3) is 0 Å². The van der Waals surface area contributed by atoms with Crippen LogP contribution >= 0.6 is 11.3 Å². The molecule has 0 saturated heterocycles. The van der Waals surface area contributed by atoms with E-state index in [9.17, 15) is 0 Å². The Labute approximate surface area is 87.7 Å². The number of thiophene rings is 1. The highest BCUT2D eigenvalue weighted by atomic mass is 32.1. The van der Waals surface area contributed by atoms with Crippen molar-refractivity contribution in [3.63, 3.8) is 0 Å². The largest absolute Gasteiger partial charge is 0.399 e. The third kappa shape index (κ3) is 1.74. The molecule has 1 aromatic heterocycles. The van der Waals surface area contributed by atoms with Gasteiger partial charge in [-0.15, -0.1) is 11.3 Å². The van der Waals surface area contributed by atoms with Crippen molar-refractivity contribution in [3.05, 3.63) is 29.1 Å². The van der Waals surface area contributed by atoms with Crippen LogP contribution < -0.4 is 11.1 Å². The minimum Gasteiger partial charge on any atom is -0.399 e. The summed E-state index contributed by atoms with van der Waals surface area (Å²) >= 11 is 1.78. The van der Waals surface area contributed by atoms with Crippen LogP contribution in [-0.2, 0) is 6.54 Å². The summed E-state index contributed by atoms with van der Waals surface area (Å²) in [5.74, 6) is 0. The average molecular weight is 206 g/mol. The van der Waals surface area contributed by atoms with E-state index in [2.05, 4.69) is 29.8 Å². The van der Waals surface area contributed by atoms with Gasteiger partial charge in [0, 0.05) is 16.9 Å². The zero-order valence-electron chi connectivity index (χ0n) is 8.21. The molecule has 0 atom stereocenters. The van der Waals surface area contributed by atoms with Gasteiger partial charge in [-0.2, -0.15) is 0 Å². The highest BCUT2D eigenvalue weighted by Crippen LogP contribution is 2.27. The molecule has 1 heterocycles. The molecule has 0 aliphatic rings. The standard InChI is InChI=1S/C11H14N2S/c1-2-13-6-8-7-14-11-4-3-9(12)5-10(8)11/h3-5,7,13H,2,6,12H2,1H3. The van der Waals surface area contributed by atoms with E-state index in [-0.39, 0.29) is 0 Å². The van der Waals surface area contributed by atoms with E-state index in [0.29, 0.717) is 0 Å². The predicted octanol–water partition coefficient (Wildman–Crippen LogP) is 2.59. The van der Waals surface area contributed by atoms with E-state index in [1.54, 1.807) is 11.3 Å². The molecule has 0 amide bonds. The fraction of sp³-hybridized carbons (Fsp3) is 0.273. The number of nitrogen functional groups attached to an aromatic ring is 1. The summed E-state index contributed by atoms with van der Waals surface area (Å²) in [7, 11) is 0. The maximum Gasteiger partial charge on any atom is 0.0347 e. The number of nitrogens with two attached hydrogens (primary N) is 1. The first-order valence-electron chi connectivity index (χ1n) is 4.77. The number of hydrogen-bond donors (Lipinski definition) is 2. The zero-order valence-corrected chi connectivity index (χ0v) is 9.03. The Hall–Kier alpha value is -1.06. The van der Waals surface area contributed by atoms with Crippen LogP contribution in [0.25, 0.3) is 10.1 Å². The molecule has 2 aromatic rings. The first-order chi connectivity index (χ1) is 6.81. The number of nitrogens with one attached hydrogen (secondary N) is 1. The van der Waals surface area contributed by atoms with Crippen LogP contribution in [-0.4, -0.2) is 6.54 Å². The van der Waals surface area contributed by atoms with Crippen molar-refractivity contribution in [2.24, 2.45) is 0 Å². The normalized spacial score (nSPS) is 10.9. The molecule has 0 saturated carbocycles. The van der Waals surface area contributed by atoms with Gasteiger partial charge < -0.3 is 11.1 Å². The van der Waals surface area contributed by atoms with Crippen LogP contribution in [0, 0.1) is 0 Å². The quantitative estimate of drug-likeness (QED) is 0.757. The second-order valence-electron chi connectivity index (χ2n) is 3.30. The Balaban J connectivity index is 2.40. The van der Waals surface area contributed by atoms with E-state index in [1.165, 1.54) is 15.6 Å². The lowest BCUT2D eigenvalue weighted by molar-refractivity contribution is 0.732. The molecule has 3 heteroatoms. The maximum absolute atomic E-state index is 5.76. The van der Waals surface area contributed by atoms with E-state index in [1.807, 2.05) is 6.07 Å². The molecule has 0 aliphatic carbocycles. The third-order valence-corrected chi connectivity index (χ3v) is 3.26. The van der Waals surface area contributed by atoms with Crippen LogP contribution in [0.5, 0.6) is 0 Å². The molecule has 0 spiro atoms. The Morgan fingerprint density at radius 3 is 3.07 bits per heavy atom. The van der Waals surface area contributed by atoms with Crippen LogP contribution in [0.1, 0.15) is 12.5 Å². The summed E-state index contributed by atoms with van der Waals surface area (Å²) in [6.07, 6.45) is 0. The van der Waals surface area contributed by atoms with E-state index in [4.69, 9.17) is 5.73 Å². The minimum atomic E-state index is 0.841. The van der Waals surface area contributed by atoms with Gasteiger partial charge in [0.1, 0.15) is 0 Å². The number of benzene rings is 1. The molecule has 1 aromatic carbocycles. The van der Waals surface area contributed by atoms with Gasteiger partial charge in [-0.3, -0.25) is 0 Å². The van der Waals surface area contributed by atoms with Gasteiger partial charge in [-0.05, 0) is 41.1 Å². The summed E-state index contributed by atoms with van der Waals surface area (Å²) in [5, 5.41) is 6.82. The third-order valence-electron chi connectivity index (χ3n) is 2.24. The van der Waals surface area contributed by atoms with E-state index < -0.39 is 0 Å². The molecule has 3 N–H and O–H groups in total. The second-order valence-corrected chi connectivity index (χ2v) is 4.21. The Bertz CT molecular complexity index is 434. The molecule has 0 unspecified atom stereocenters. The monoisotopic (exact) mass is 206 g/mol. The van der Waals surface area contributed by atoms with Crippen molar-refractivity contribution in [3.8, 4) is 0 Å². The van der Waals surface area contributed by atoms with Crippen molar-refractivity contribution in [1.82, 2.24) is 5.32 Å². The summed E-state index contributed by atoms with van der Waals surface area (Å²) in [6, 6.07) is 6.10. The zero-order chi connectivity index (χ0) is 9.97. The molecule has 0 fully saturated rings. The smallest absolute Gasteiger partial charge is 0.0347 e. The first kappa shape index (κ1) is 9.49. The number of anilines is 1. The van der Waals surface area contributed by atoms with Gasteiger partial charge in [0.05, 0.1) is 0 Å². The summed E-state index contributed by atoms with van der Waals surface area (Å²) in [5.41, 5.74) is 7.95. The fourth-order valence-corrected chi connectivity index (χ4v) is 2.44. The van der Waals surface area contributed by atoms with Gasteiger partial charge in [-0.1, -0.05) is 6.92 Å². The maximum atomic E-state index is 5.76. The minimum absolute atomic E-state index is 0.841. The molecule has 14 heavy (non-hydrogen) atoms. The lowest BCUT2D eigenvalue weighted by atomic mass is 10.1. The Morgan fingerprint density at radius 2 is 2.29 bits per heavy atom. The number of rotatable bonds is 3. The summed E-state index contributed by atoms with van der Waals surface area (Å²) in [4.78, 5) is 0. The lowest BCUT2D eigenvalue weighted by Gasteiger charge is -2.00. The SMILES string of the molecule is CCNCc1csc2ccc(N)cc12. The van der Waals surface area contributed by atoms with Gasteiger partial charge in [-0.25, -0.2) is 0 Å². The predicted molar refractivity (Wildman–Crippen MR) is 63.6 cm³/mol. The molecule has 0 bridgehead atoms. The summed E-state index contributed by atoms with van der Waals surface area (Å²) < 4.78 is 1.31. The molecule has 2 nitrogen and oxygen atoms in total. The van der Waals surface area contributed by atoms with Crippen molar-refractivity contribution in [2.75, 3.05) is 12.3 Å². The van der Waals surface area contributed by atoms with Crippen molar-refractivity contribution >= 4 is 27.1 Å². The highest BCUT2D eigenvalue weighted by molar-refractivity contribution is 7.17. The van der Waals surface area contributed by atoms with Crippen LogP contribution in [0.2, 0.25) is 0 Å². The van der Waals surface area contributed by atoms with Gasteiger partial charge in [0.2, 0.25) is 0 Å². The number of fused-ring (bicyclic) bond motifs is 1. The lowest BCUT2D eigenvalue weighted by Crippen LogP contribution is -2.11. The van der Waals surface area contributed by atoms with Crippen LogP contribution in [0.15, 0.2) is 23.6 Å². The van der Waals surface area contributed by atoms with Crippen molar-refractivity contribution < 1.29 is 0 Å². The molecular formula is C11H14N2S. The van der Waals surface area contributed by atoms with Crippen molar-refractivity contribution in [1.29, 1.82) is 0 Å². The van der Waals surface area contributed by atoms with E-state index >= 15 is 0 Å². The van der Waals surface area contributed by atoms with Gasteiger partial charge >= 0.3 is 0 Å². The second kappa shape index (κ2) is 3.98. The van der Waals surface area contributed by atoms with Crippen molar-refractivity contribution in [2.45, 2.75) is 13.5 Å². The topological polar surface area (TPSA) is 38.0 Å². The van der Waals surface area contributed by atoms with E-state index in [0.717, 1.165) is 18.8 Å². The Morgan fingerprint density at radius 1 is 1.43 bits per heavy atom. The van der Waals surface area contributed by atoms with Crippen LogP contribution in [0.3, 0.4) is 0 Å². The highest BCUT2D eigenvalue weighted by Gasteiger charge is 2.03. The fourth-order valence-electron chi connectivity index (χ4n) is 1.50.